The lowest BCUT2D eigenvalue weighted by Crippen LogP contribution is -1.85. The minimum atomic E-state index is 0.107. The molecule has 0 fully saturated rings. The highest BCUT2D eigenvalue weighted by atomic mass is 16.5. The number of benzene rings is 3. The van der Waals surface area contributed by atoms with Crippen LogP contribution >= 0.6 is 0 Å². The van der Waals surface area contributed by atoms with Gasteiger partial charge >= 0.3 is 0 Å². The highest BCUT2D eigenvalue weighted by Gasteiger charge is 2.09. The van der Waals surface area contributed by atoms with Crippen LogP contribution in [0, 0.1) is 6.92 Å². The summed E-state index contributed by atoms with van der Waals surface area (Å²) in [6, 6.07) is 23.1. The third-order valence-electron chi connectivity index (χ3n) is 4.14. The molecule has 3 aromatic carbocycles. The maximum atomic E-state index is 10.2. The molecule has 4 heteroatoms. The fourth-order valence-electron chi connectivity index (χ4n) is 2.84. The van der Waals surface area contributed by atoms with Crippen LogP contribution < -0.4 is 4.74 Å². The van der Waals surface area contributed by atoms with Gasteiger partial charge in [0.1, 0.15) is 11.4 Å². The molecule has 0 bridgehead atoms. The summed E-state index contributed by atoms with van der Waals surface area (Å²) in [6.07, 6.45) is 1.67. The number of hydrogen-bond donors (Lipinski definition) is 2. The highest BCUT2D eigenvalue weighted by Crippen LogP contribution is 2.32. The first kappa shape index (κ1) is 16.0. The summed E-state index contributed by atoms with van der Waals surface area (Å²) < 4.78 is 5.93. The first-order valence-electron chi connectivity index (χ1n) is 8.38. The van der Waals surface area contributed by atoms with Crippen molar-refractivity contribution in [2.24, 2.45) is 4.99 Å². The van der Waals surface area contributed by atoms with Crippen LogP contribution in [0.2, 0.25) is 0 Å². The van der Waals surface area contributed by atoms with Crippen molar-refractivity contribution in [2.45, 2.75) is 6.92 Å². The van der Waals surface area contributed by atoms with Crippen molar-refractivity contribution >= 4 is 22.8 Å². The monoisotopic (exact) mass is 342 g/mol. The topological polar surface area (TPSA) is 57.6 Å². The van der Waals surface area contributed by atoms with Crippen molar-refractivity contribution in [3.63, 3.8) is 0 Å². The van der Waals surface area contributed by atoms with E-state index in [1.807, 2.05) is 79.7 Å². The number of aryl methyl sites for hydroxylation is 1. The van der Waals surface area contributed by atoms with Crippen LogP contribution in [0.4, 0.5) is 5.69 Å². The van der Waals surface area contributed by atoms with E-state index in [0.717, 1.165) is 22.2 Å². The summed E-state index contributed by atoms with van der Waals surface area (Å²) >= 11 is 0. The number of aromatic nitrogens is 1. The molecule has 0 saturated heterocycles. The minimum absolute atomic E-state index is 0.107. The number of aromatic hydroxyl groups is 1. The van der Waals surface area contributed by atoms with Gasteiger partial charge in [-0.3, -0.25) is 4.99 Å². The zero-order chi connectivity index (χ0) is 17.9. The summed E-state index contributed by atoms with van der Waals surface area (Å²) in [5.74, 6) is 1.52. The van der Waals surface area contributed by atoms with Gasteiger partial charge in [-0.05, 0) is 43.3 Å². The van der Waals surface area contributed by atoms with Crippen molar-refractivity contribution in [3.8, 4) is 17.4 Å². The Labute approximate surface area is 151 Å². The molecule has 0 aliphatic heterocycles. The molecule has 0 aliphatic rings. The van der Waals surface area contributed by atoms with Gasteiger partial charge in [-0.25, -0.2) is 0 Å². The van der Waals surface area contributed by atoms with Crippen LogP contribution in [0.3, 0.4) is 0 Å². The summed E-state index contributed by atoms with van der Waals surface area (Å²) in [7, 11) is 0. The SMILES string of the molecule is Cc1ccc2[nH]c(O)c(C=Nc3ccccc3Oc3ccccc3)c2c1. The summed E-state index contributed by atoms with van der Waals surface area (Å²) in [4.78, 5) is 7.53. The second-order valence-electron chi connectivity index (χ2n) is 6.08. The number of nitrogens with zero attached hydrogens (tertiary/aromatic N) is 1. The average molecular weight is 342 g/mol. The van der Waals surface area contributed by atoms with E-state index in [2.05, 4.69) is 9.98 Å². The second-order valence-corrected chi connectivity index (χ2v) is 6.08. The Kier molecular flexibility index (Phi) is 4.15. The standard InChI is InChI=1S/C22H18N2O2/c1-15-11-12-19-17(13-15)18(22(25)24-19)14-23-20-9-5-6-10-21(20)26-16-7-3-2-4-8-16/h2-14,24-25H,1H3. The number of H-pyrrole nitrogens is 1. The first-order valence-corrected chi connectivity index (χ1v) is 8.38. The van der Waals surface area contributed by atoms with Gasteiger partial charge in [0.25, 0.3) is 0 Å². The maximum absolute atomic E-state index is 10.2. The van der Waals surface area contributed by atoms with E-state index < -0.39 is 0 Å². The smallest absolute Gasteiger partial charge is 0.198 e. The molecule has 1 aromatic heterocycles. The van der Waals surface area contributed by atoms with E-state index >= 15 is 0 Å². The highest BCUT2D eigenvalue weighted by molar-refractivity contribution is 6.03. The molecule has 128 valence electrons. The maximum Gasteiger partial charge on any atom is 0.198 e. The Balaban J connectivity index is 1.70. The molecule has 0 amide bonds. The average Bonchev–Trinajstić information content (AvgIpc) is 2.96. The van der Waals surface area contributed by atoms with Gasteiger partial charge in [0.15, 0.2) is 11.6 Å². The molecule has 2 N–H and O–H groups in total. The van der Waals surface area contributed by atoms with E-state index in [1.54, 1.807) is 6.21 Å². The molecular formula is C22H18N2O2. The van der Waals surface area contributed by atoms with E-state index in [0.29, 0.717) is 17.0 Å². The predicted molar refractivity (Wildman–Crippen MR) is 105 cm³/mol. The van der Waals surface area contributed by atoms with Gasteiger partial charge in [-0.1, -0.05) is 42.0 Å². The number of aliphatic imine (C=N–C) groups is 1. The lowest BCUT2D eigenvalue weighted by molar-refractivity contribution is 0.457. The van der Waals surface area contributed by atoms with Crippen molar-refractivity contribution < 1.29 is 9.84 Å². The molecule has 0 spiro atoms. The Morgan fingerprint density at radius 3 is 2.58 bits per heavy atom. The van der Waals surface area contributed by atoms with Crippen LogP contribution in [-0.4, -0.2) is 16.3 Å². The molecule has 0 aliphatic carbocycles. The van der Waals surface area contributed by atoms with Gasteiger partial charge in [0.2, 0.25) is 0 Å². The fourth-order valence-corrected chi connectivity index (χ4v) is 2.84. The number of fused-ring (bicyclic) bond motifs is 1. The lowest BCUT2D eigenvalue weighted by Gasteiger charge is -2.07. The van der Waals surface area contributed by atoms with E-state index in [4.69, 9.17) is 4.74 Å². The van der Waals surface area contributed by atoms with Crippen LogP contribution in [0.1, 0.15) is 11.1 Å². The molecule has 1 heterocycles. The van der Waals surface area contributed by atoms with Crippen LogP contribution in [0.25, 0.3) is 10.9 Å². The summed E-state index contributed by atoms with van der Waals surface area (Å²) in [6.45, 7) is 2.02. The van der Waals surface area contributed by atoms with Crippen LogP contribution in [-0.2, 0) is 0 Å². The van der Waals surface area contributed by atoms with Gasteiger partial charge in [-0.15, -0.1) is 0 Å². The summed E-state index contributed by atoms with van der Waals surface area (Å²) in [5.41, 5.74) is 3.36. The van der Waals surface area contributed by atoms with Crippen molar-refractivity contribution in [1.82, 2.24) is 4.98 Å². The quantitative estimate of drug-likeness (QED) is 0.466. The number of nitrogens with one attached hydrogen (secondary N) is 1. The molecule has 0 atom stereocenters. The third kappa shape index (κ3) is 3.17. The fraction of sp³-hybridized carbons (Fsp3) is 0.0455. The molecule has 26 heavy (non-hydrogen) atoms. The molecule has 0 unspecified atom stereocenters. The van der Waals surface area contributed by atoms with E-state index in [9.17, 15) is 5.11 Å². The number of ether oxygens (including phenoxy) is 1. The largest absolute Gasteiger partial charge is 0.494 e. The zero-order valence-corrected chi connectivity index (χ0v) is 14.3. The zero-order valence-electron chi connectivity index (χ0n) is 14.3. The molecule has 0 saturated carbocycles. The molecular weight excluding hydrogens is 324 g/mol. The normalized spacial score (nSPS) is 11.3. The van der Waals surface area contributed by atoms with E-state index in [-0.39, 0.29) is 5.88 Å². The van der Waals surface area contributed by atoms with Crippen molar-refractivity contribution in [3.05, 3.63) is 83.9 Å². The number of hydrogen-bond acceptors (Lipinski definition) is 3. The van der Waals surface area contributed by atoms with E-state index in [1.165, 1.54) is 0 Å². The van der Waals surface area contributed by atoms with Gasteiger partial charge in [-0.2, -0.15) is 0 Å². The summed E-state index contributed by atoms with van der Waals surface area (Å²) in [5, 5.41) is 11.2. The van der Waals surface area contributed by atoms with Crippen molar-refractivity contribution in [2.75, 3.05) is 0 Å². The Morgan fingerprint density at radius 2 is 1.73 bits per heavy atom. The van der Waals surface area contributed by atoms with Gasteiger partial charge < -0.3 is 14.8 Å². The van der Waals surface area contributed by atoms with Crippen LogP contribution in [0.5, 0.6) is 17.4 Å². The number of rotatable bonds is 4. The Hall–Kier alpha value is -3.53. The minimum Gasteiger partial charge on any atom is -0.494 e. The lowest BCUT2D eigenvalue weighted by atomic mass is 10.1. The molecule has 4 nitrogen and oxygen atoms in total. The number of aromatic amines is 1. The number of para-hydroxylation sites is 3. The third-order valence-corrected chi connectivity index (χ3v) is 4.14. The first-order chi connectivity index (χ1) is 12.7. The van der Waals surface area contributed by atoms with Gasteiger partial charge in [0, 0.05) is 17.1 Å². The molecule has 0 radical (unpaired) electrons. The van der Waals surface area contributed by atoms with Crippen LogP contribution in [0.15, 0.2) is 77.8 Å². The Morgan fingerprint density at radius 1 is 0.962 bits per heavy atom. The predicted octanol–water partition coefficient (Wildman–Crippen LogP) is 5.72. The second kappa shape index (κ2) is 6.76. The van der Waals surface area contributed by atoms with Crippen molar-refractivity contribution in [1.29, 1.82) is 0 Å². The van der Waals surface area contributed by atoms with Gasteiger partial charge in [0.05, 0.1) is 5.56 Å². The Bertz CT molecular complexity index is 1080. The molecule has 4 rings (SSSR count). The molecule has 4 aromatic rings.